The van der Waals surface area contributed by atoms with Crippen LogP contribution in [0.25, 0.3) is 0 Å². The largest absolute Gasteiger partial charge is 0.325 e. The Hall–Kier alpha value is -0.120. The second-order valence-electron chi connectivity index (χ2n) is 7.16. The molecule has 0 aromatic carbocycles. The second kappa shape index (κ2) is 6.11. The van der Waals surface area contributed by atoms with Gasteiger partial charge in [-0.1, -0.05) is 19.3 Å². The molecule has 2 saturated heterocycles. The molecule has 1 saturated carbocycles. The Morgan fingerprint density at radius 3 is 2.42 bits per heavy atom. The molecular weight excluding hydrogens is 234 g/mol. The van der Waals surface area contributed by atoms with E-state index in [4.69, 9.17) is 5.73 Å². The van der Waals surface area contributed by atoms with E-state index in [9.17, 15) is 0 Å². The zero-order chi connectivity index (χ0) is 13.1. The molecule has 2 heterocycles. The molecule has 0 aromatic rings. The molecule has 110 valence electrons. The SMILES string of the molecule is NC1(CCN2CCC(N3CCCCC3)C2)CCCC1. The van der Waals surface area contributed by atoms with Crippen molar-refractivity contribution in [3.05, 3.63) is 0 Å². The van der Waals surface area contributed by atoms with E-state index < -0.39 is 0 Å². The van der Waals surface area contributed by atoms with Crippen molar-refractivity contribution in [2.75, 3.05) is 32.7 Å². The Kier molecular flexibility index (Phi) is 4.45. The zero-order valence-electron chi connectivity index (χ0n) is 12.4. The molecule has 0 aromatic heterocycles. The Morgan fingerprint density at radius 2 is 1.68 bits per heavy atom. The summed E-state index contributed by atoms with van der Waals surface area (Å²) < 4.78 is 0. The van der Waals surface area contributed by atoms with Crippen LogP contribution in [0.4, 0.5) is 0 Å². The minimum atomic E-state index is 0.184. The van der Waals surface area contributed by atoms with Crippen LogP contribution in [0.5, 0.6) is 0 Å². The van der Waals surface area contributed by atoms with Crippen LogP contribution in [0.2, 0.25) is 0 Å². The van der Waals surface area contributed by atoms with E-state index in [1.165, 1.54) is 90.5 Å². The Balaban J connectivity index is 1.41. The molecule has 1 unspecified atom stereocenters. The normalized spacial score (nSPS) is 33.0. The maximum atomic E-state index is 6.48. The standard InChI is InChI=1S/C16H31N3/c17-16(7-2-3-8-16)9-13-18-12-6-15(14-18)19-10-4-1-5-11-19/h15H,1-14,17H2. The first kappa shape index (κ1) is 13.8. The van der Waals surface area contributed by atoms with E-state index in [1.807, 2.05) is 0 Å². The molecule has 2 aliphatic heterocycles. The van der Waals surface area contributed by atoms with Crippen LogP contribution in [-0.4, -0.2) is 54.1 Å². The van der Waals surface area contributed by atoms with Gasteiger partial charge in [-0.05, 0) is 64.7 Å². The highest BCUT2D eigenvalue weighted by Gasteiger charge is 2.32. The molecule has 3 nitrogen and oxygen atoms in total. The summed E-state index contributed by atoms with van der Waals surface area (Å²) in [6, 6.07) is 0.845. The molecule has 2 N–H and O–H groups in total. The summed E-state index contributed by atoms with van der Waals surface area (Å²) in [7, 11) is 0. The summed E-state index contributed by atoms with van der Waals surface area (Å²) in [5, 5.41) is 0. The average Bonchev–Trinajstić information content (AvgIpc) is 3.07. The number of hydrogen-bond donors (Lipinski definition) is 1. The lowest BCUT2D eigenvalue weighted by Gasteiger charge is -2.32. The van der Waals surface area contributed by atoms with Gasteiger partial charge in [0.2, 0.25) is 0 Å². The van der Waals surface area contributed by atoms with Crippen molar-refractivity contribution in [1.82, 2.24) is 9.80 Å². The van der Waals surface area contributed by atoms with E-state index in [0.717, 1.165) is 6.04 Å². The fraction of sp³-hybridized carbons (Fsp3) is 1.00. The van der Waals surface area contributed by atoms with Gasteiger partial charge in [-0.25, -0.2) is 0 Å². The molecule has 0 bridgehead atoms. The minimum absolute atomic E-state index is 0.184. The topological polar surface area (TPSA) is 32.5 Å². The summed E-state index contributed by atoms with van der Waals surface area (Å²) in [6.45, 7) is 6.53. The number of nitrogens with zero attached hydrogens (tertiary/aromatic N) is 2. The predicted octanol–water partition coefficient (Wildman–Crippen LogP) is 2.21. The molecule has 0 amide bonds. The predicted molar refractivity (Wildman–Crippen MR) is 80.3 cm³/mol. The lowest BCUT2D eigenvalue weighted by molar-refractivity contribution is 0.160. The first-order valence-corrected chi connectivity index (χ1v) is 8.51. The monoisotopic (exact) mass is 265 g/mol. The molecule has 0 spiro atoms. The third kappa shape index (κ3) is 3.50. The third-order valence-electron chi connectivity index (χ3n) is 5.68. The Bertz CT molecular complexity index is 280. The molecule has 1 atom stereocenters. The van der Waals surface area contributed by atoms with Gasteiger partial charge in [0.05, 0.1) is 0 Å². The average molecular weight is 265 g/mol. The molecule has 19 heavy (non-hydrogen) atoms. The quantitative estimate of drug-likeness (QED) is 0.846. The lowest BCUT2D eigenvalue weighted by Crippen LogP contribution is -2.42. The van der Waals surface area contributed by atoms with Gasteiger partial charge in [0.15, 0.2) is 0 Å². The summed E-state index contributed by atoms with van der Waals surface area (Å²) in [5.41, 5.74) is 6.66. The first-order valence-electron chi connectivity index (χ1n) is 8.51. The molecule has 3 fully saturated rings. The number of rotatable bonds is 4. The van der Waals surface area contributed by atoms with Gasteiger partial charge in [-0.2, -0.15) is 0 Å². The van der Waals surface area contributed by atoms with Crippen LogP contribution in [0.1, 0.15) is 57.8 Å². The van der Waals surface area contributed by atoms with Crippen molar-refractivity contribution < 1.29 is 0 Å². The fourth-order valence-corrected chi connectivity index (χ4v) is 4.31. The van der Waals surface area contributed by atoms with E-state index in [0.29, 0.717) is 0 Å². The highest BCUT2D eigenvalue weighted by Crippen LogP contribution is 2.30. The van der Waals surface area contributed by atoms with E-state index in [-0.39, 0.29) is 5.54 Å². The molecular formula is C16H31N3. The lowest BCUT2D eigenvalue weighted by atomic mass is 9.94. The van der Waals surface area contributed by atoms with Crippen molar-refractivity contribution in [2.24, 2.45) is 5.73 Å². The van der Waals surface area contributed by atoms with Crippen LogP contribution in [0.15, 0.2) is 0 Å². The minimum Gasteiger partial charge on any atom is -0.325 e. The first-order chi connectivity index (χ1) is 9.25. The van der Waals surface area contributed by atoms with Crippen molar-refractivity contribution in [1.29, 1.82) is 0 Å². The highest BCUT2D eigenvalue weighted by atomic mass is 15.3. The third-order valence-corrected chi connectivity index (χ3v) is 5.68. The number of piperidine rings is 1. The molecule has 3 rings (SSSR count). The van der Waals surface area contributed by atoms with Crippen molar-refractivity contribution >= 4 is 0 Å². The van der Waals surface area contributed by atoms with Gasteiger partial charge in [-0.3, -0.25) is 4.90 Å². The van der Waals surface area contributed by atoms with Gasteiger partial charge in [-0.15, -0.1) is 0 Å². The maximum Gasteiger partial charge on any atom is 0.0235 e. The van der Waals surface area contributed by atoms with E-state index in [2.05, 4.69) is 9.80 Å². The van der Waals surface area contributed by atoms with Crippen molar-refractivity contribution in [2.45, 2.75) is 69.4 Å². The van der Waals surface area contributed by atoms with Crippen LogP contribution in [-0.2, 0) is 0 Å². The van der Waals surface area contributed by atoms with Crippen molar-refractivity contribution in [3.8, 4) is 0 Å². The van der Waals surface area contributed by atoms with E-state index >= 15 is 0 Å². The van der Waals surface area contributed by atoms with Gasteiger partial charge in [0.25, 0.3) is 0 Å². The maximum absolute atomic E-state index is 6.48. The van der Waals surface area contributed by atoms with Crippen LogP contribution in [0.3, 0.4) is 0 Å². The van der Waals surface area contributed by atoms with Gasteiger partial charge < -0.3 is 10.6 Å². The van der Waals surface area contributed by atoms with Gasteiger partial charge in [0, 0.05) is 18.1 Å². The smallest absolute Gasteiger partial charge is 0.0235 e. The summed E-state index contributed by atoms with van der Waals surface area (Å²) >= 11 is 0. The fourth-order valence-electron chi connectivity index (χ4n) is 4.31. The van der Waals surface area contributed by atoms with Crippen LogP contribution >= 0.6 is 0 Å². The molecule has 0 radical (unpaired) electrons. The Labute approximate surface area is 118 Å². The van der Waals surface area contributed by atoms with Crippen molar-refractivity contribution in [3.63, 3.8) is 0 Å². The Morgan fingerprint density at radius 1 is 0.947 bits per heavy atom. The van der Waals surface area contributed by atoms with Crippen LogP contribution < -0.4 is 5.73 Å². The highest BCUT2D eigenvalue weighted by molar-refractivity contribution is 4.91. The summed E-state index contributed by atoms with van der Waals surface area (Å²) in [6.07, 6.45) is 12.1. The molecule has 3 aliphatic rings. The van der Waals surface area contributed by atoms with Crippen LogP contribution in [0, 0.1) is 0 Å². The molecule has 3 heteroatoms. The zero-order valence-corrected chi connectivity index (χ0v) is 12.4. The number of likely N-dealkylation sites (tertiary alicyclic amines) is 2. The van der Waals surface area contributed by atoms with E-state index in [1.54, 1.807) is 0 Å². The second-order valence-corrected chi connectivity index (χ2v) is 7.16. The van der Waals surface area contributed by atoms with Gasteiger partial charge >= 0.3 is 0 Å². The number of nitrogens with two attached hydrogens (primary N) is 1. The summed E-state index contributed by atoms with van der Waals surface area (Å²) in [4.78, 5) is 5.42. The number of hydrogen-bond acceptors (Lipinski definition) is 3. The molecule has 1 aliphatic carbocycles. The summed E-state index contributed by atoms with van der Waals surface area (Å²) in [5.74, 6) is 0. The van der Waals surface area contributed by atoms with Gasteiger partial charge in [0.1, 0.15) is 0 Å².